The third-order valence-corrected chi connectivity index (χ3v) is 3.85. The van der Waals surface area contributed by atoms with Gasteiger partial charge in [0.25, 0.3) is 0 Å². The zero-order valence-electron chi connectivity index (χ0n) is 6.76. The molecule has 0 saturated carbocycles. The van der Waals surface area contributed by atoms with Crippen molar-refractivity contribution in [2.24, 2.45) is 0 Å². The van der Waals surface area contributed by atoms with E-state index in [2.05, 4.69) is 46.4 Å². The summed E-state index contributed by atoms with van der Waals surface area (Å²) in [5.74, 6) is 0. The Labute approximate surface area is 88.2 Å². The summed E-state index contributed by atoms with van der Waals surface area (Å²) >= 11 is 3.99. The molecule has 12 heavy (non-hydrogen) atoms. The maximum Gasteiger partial charge on any atom is 0.128 e. The van der Waals surface area contributed by atoms with Gasteiger partial charge in [0.1, 0.15) is 14.9 Å². The molecule has 2 aromatic rings. The molecule has 0 amide bonds. The van der Waals surface area contributed by atoms with Crippen molar-refractivity contribution in [2.75, 3.05) is 0 Å². The number of thiophene rings is 1. The van der Waals surface area contributed by atoms with Crippen LogP contribution in [0, 0.1) is 17.5 Å². The SMILES string of the molecule is Cc1sc2ncnc(I)c2c1C. The van der Waals surface area contributed by atoms with E-state index in [1.807, 2.05) is 0 Å². The second kappa shape index (κ2) is 2.92. The fourth-order valence-corrected chi connectivity index (χ4v) is 3.10. The highest BCUT2D eigenvalue weighted by atomic mass is 127. The Kier molecular flexibility index (Phi) is 2.04. The molecular weight excluding hydrogens is 283 g/mol. The van der Waals surface area contributed by atoms with Crippen LogP contribution in [0.25, 0.3) is 10.2 Å². The lowest BCUT2D eigenvalue weighted by molar-refractivity contribution is 1.20. The molecule has 0 aliphatic carbocycles. The van der Waals surface area contributed by atoms with Crippen LogP contribution < -0.4 is 0 Å². The lowest BCUT2D eigenvalue weighted by Gasteiger charge is -1.92. The van der Waals surface area contributed by atoms with E-state index in [1.165, 1.54) is 15.8 Å². The van der Waals surface area contributed by atoms with Gasteiger partial charge in [0.05, 0.1) is 0 Å². The Morgan fingerprint density at radius 1 is 1.33 bits per heavy atom. The van der Waals surface area contributed by atoms with E-state index in [1.54, 1.807) is 17.7 Å². The number of hydrogen-bond acceptors (Lipinski definition) is 3. The first kappa shape index (κ1) is 8.37. The van der Waals surface area contributed by atoms with Gasteiger partial charge in [-0.1, -0.05) is 0 Å². The van der Waals surface area contributed by atoms with Gasteiger partial charge >= 0.3 is 0 Å². The van der Waals surface area contributed by atoms with Gasteiger partial charge in [0.15, 0.2) is 0 Å². The van der Waals surface area contributed by atoms with E-state index in [4.69, 9.17) is 0 Å². The van der Waals surface area contributed by atoms with Crippen LogP contribution in [-0.4, -0.2) is 9.97 Å². The predicted octanol–water partition coefficient (Wildman–Crippen LogP) is 2.91. The van der Waals surface area contributed by atoms with Gasteiger partial charge in [0, 0.05) is 10.3 Å². The van der Waals surface area contributed by atoms with E-state index in [9.17, 15) is 0 Å². The van der Waals surface area contributed by atoms with E-state index in [0.29, 0.717) is 0 Å². The van der Waals surface area contributed by atoms with Crippen molar-refractivity contribution in [3.05, 3.63) is 20.5 Å². The summed E-state index contributed by atoms with van der Waals surface area (Å²) in [6.45, 7) is 4.25. The topological polar surface area (TPSA) is 25.8 Å². The third-order valence-electron chi connectivity index (χ3n) is 1.92. The van der Waals surface area contributed by atoms with Crippen molar-refractivity contribution >= 4 is 44.1 Å². The number of rotatable bonds is 0. The summed E-state index contributed by atoms with van der Waals surface area (Å²) in [6.07, 6.45) is 1.62. The summed E-state index contributed by atoms with van der Waals surface area (Å²) in [5, 5.41) is 1.22. The minimum absolute atomic E-state index is 1.06. The summed E-state index contributed by atoms with van der Waals surface area (Å²) in [4.78, 5) is 10.8. The first-order chi connectivity index (χ1) is 5.70. The number of aryl methyl sites for hydroxylation is 2. The summed E-state index contributed by atoms with van der Waals surface area (Å²) < 4.78 is 1.06. The molecule has 2 aromatic heterocycles. The van der Waals surface area contributed by atoms with Crippen LogP contribution in [0.15, 0.2) is 6.33 Å². The van der Waals surface area contributed by atoms with Crippen LogP contribution in [-0.2, 0) is 0 Å². The van der Waals surface area contributed by atoms with E-state index < -0.39 is 0 Å². The molecule has 0 atom stereocenters. The van der Waals surface area contributed by atoms with Gasteiger partial charge in [-0.25, -0.2) is 9.97 Å². The van der Waals surface area contributed by atoms with Crippen molar-refractivity contribution < 1.29 is 0 Å². The molecule has 0 aliphatic heterocycles. The molecule has 0 aliphatic rings. The van der Waals surface area contributed by atoms with Gasteiger partial charge in [-0.2, -0.15) is 0 Å². The van der Waals surface area contributed by atoms with Gasteiger partial charge in [-0.15, -0.1) is 11.3 Å². The molecule has 2 rings (SSSR count). The molecule has 2 heterocycles. The third kappa shape index (κ3) is 1.13. The average molecular weight is 290 g/mol. The molecular formula is C8H7IN2S. The molecule has 0 radical (unpaired) electrons. The standard InChI is InChI=1S/C8H7IN2S/c1-4-5(2)12-8-6(4)7(9)10-3-11-8/h3H,1-2H3. The summed E-state index contributed by atoms with van der Waals surface area (Å²) in [7, 11) is 0. The van der Waals surface area contributed by atoms with Gasteiger partial charge in [-0.05, 0) is 42.0 Å². The monoisotopic (exact) mass is 290 g/mol. The molecule has 0 aromatic carbocycles. The van der Waals surface area contributed by atoms with Crippen molar-refractivity contribution in [3.8, 4) is 0 Å². The minimum atomic E-state index is 1.06. The average Bonchev–Trinajstić information content (AvgIpc) is 2.29. The van der Waals surface area contributed by atoms with Crippen molar-refractivity contribution in [3.63, 3.8) is 0 Å². The van der Waals surface area contributed by atoms with Crippen molar-refractivity contribution in [2.45, 2.75) is 13.8 Å². The zero-order chi connectivity index (χ0) is 8.72. The minimum Gasteiger partial charge on any atom is -0.230 e. The Morgan fingerprint density at radius 2 is 2.08 bits per heavy atom. The highest BCUT2D eigenvalue weighted by Gasteiger charge is 2.08. The number of nitrogens with zero attached hydrogens (tertiary/aromatic N) is 2. The molecule has 0 bridgehead atoms. The zero-order valence-corrected chi connectivity index (χ0v) is 9.73. The second-order valence-corrected chi connectivity index (χ2v) is 4.85. The molecule has 0 spiro atoms. The van der Waals surface area contributed by atoms with Crippen LogP contribution >= 0.6 is 33.9 Å². The lowest BCUT2D eigenvalue weighted by atomic mass is 10.2. The van der Waals surface area contributed by atoms with E-state index >= 15 is 0 Å². The van der Waals surface area contributed by atoms with Crippen LogP contribution in [0.1, 0.15) is 10.4 Å². The molecule has 62 valence electrons. The van der Waals surface area contributed by atoms with Gasteiger partial charge in [-0.3, -0.25) is 0 Å². The number of halogens is 1. The normalized spacial score (nSPS) is 10.9. The Hall–Kier alpha value is -0.230. The fraction of sp³-hybridized carbons (Fsp3) is 0.250. The fourth-order valence-electron chi connectivity index (χ4n) is 1.14. The number of hydrogen-bond donors (Lipinski definition) is 0. The van der Waals surface area contributed by atoms with E-state index in [0.717, 1.165) is 8.53 Å². The first-order valence-electron chi connectivity index (χ1n) is 3.56. The Morgan fingerprint density at radius 3 is 2.75 bits per heavy atom. The van der Waals surface area contributed by atoms with Crippen LogP contribution in [0.5, 0.6) is 0 Å². The van der Waals surface area contributed by atoms with Gasteiger partial charge < -0.3 is 0 Å². The summed E-state index contributed by atoms with van der Waals surface area (Å²) in [5.41, 5.74) is 1.32. The highest BCUT2D eigenvalue weighted by molar-refractivity contribution is 14.1. The van der Waals surface area contributed by atoms with Crippen molar-refractivity contribution in [1.82, 2.24) is 9.97 Å². The van der Waals surface area contributed by atoms with Crippen LogP contribution in [0.4, 0.5) is 0 Å². The van der Waals surface area contributed by atoms with E-state index in [-0.39, 0.29) is 0 Å². The lowest BCUT2D eigenvalue weighted by Crippen LogP contribution is -1.83. The van der Waals surface area contributed by atoms with Crippen molar-refractivity contribution in [1.29, 1.82) is 0 Å². The molecule has 0 saturated heterocycles. The maximum atomic E-state index is 4.23. The summed E-state index contributed by atoms with van der Waals surface area (Å²) in [6, 6.07) is 0. The molecule has 0 unspecified atom stereocenters. The number of fused-ring (bicyclic) bond motifs is 1. The maximum absolute atomic E-state index is 4.23. The highest BCUT2D eigenvalue weighted by Crippen LogP contribution is 2.30. The van der Waals surface area contributed by atoms with Crippen LogP contribution in [0.3, 0.4) is 0 Å². The largest absolute Gasteiger partial charge is 0.230 e. The molecule has 4 heteroatoms. The first-order valence-corrected chi connectivity index (χ1v) is 5.46. The predicted molar refractivity (Wildman–Crippen MR) is 59.6 cm³/mol. The van der Waals surface area contributed by atoms with Gasteiger partial charge in [0.2, 0.25) is 0 Å². The molecule has 2 nitrogen and oxygen atoms in total. The quantitative estimate of drug-likeness (QED) is 0.551. The smallest absolute Gasteiger partial charge is 0.128 e. The Balaban J connectivity index is 2.97. The number of aromatic nitrogens is 2. The Bertz CT molecular complexity index is 436. The second-order valence-electron chi connectivity index (χ2n) is 2.63. The molecule has 0 fully saturated rings. The van der Waals surface area contributed by atoms with Crippen LogP contribution in [0.2, 0.25) is 0 Å². The molecule has 0 N–H and O–H groups in total.